The van der Waals surface area contributed by atoms with Crippen LogP contribution in [0.15, 0.2) is 24.3 Å². The molecule has 1 aromatic rings. The minimum atomic E-state index is -0.718. The Hall–Kier alpha value is -2.10. The van der Waals surface area contributed by atoms with E-state index in [0.717, 1.165) is 0 Å². The predicted octanol–water partition coefficient (Wildman–Crippen LogP) is 1.23. The van der Waals surface area contributed by atoms with E-state index in [-0.39, 0.29) is 24.0 Å². The second-order valence-corrected chi connectivity index (χ2v) is 3.16. The van der Waals surface area contributed by atoms with Gasteiger partial charge in [0, 0.05) is 24.0 Å². The van der Waals surface area contributed by atoms with Crippen LogP contribution in [0.3, 0.4) is 0 Å². The van der Waals surface area contributed by atoms with Gasteiger partial charge in [-0.25, -0.2) is 0 Å². The second kappa shape index (κ2) is 5.70. The highest BCUT2D eigenvalue weighted by atomic mass is 16.2. The lowest BCUT2D eigenvalue weighted by molar-refractivity contribution is -0.117. The van der Waals surface area contributed by atoms with Gasteiger partial charge >= 0.3 is 0 Å². The first-order valence-corrected chi connectivity index (χ1v) is 4.76. The average molecular weight is 218 g/mol. The topological polar surface area (TPSA) is 68.3 Å². The lowest BCUT2D eigenvalue weighted by Crippen LogP contribution is -2.15. The summed E-state index contributed by atoms with van der Waals surface area (Å²) in [7, 11) is 0. The van der Waals surface area contributed by atoms with Gasteiger partial charge in [0.05, 0.1) is 0 Å². The van der Waals surface area contributed by atoms with Crippen LogP contribution in [0, 0.1) is 0 Å². The van der Waals surface area contributed by atoms with Crippen molar-refractivity contribution in [3.8, 4) is 0 Å². The van der Waals surface area contributed by atoms with E-state index in [0.29, 0.717) is 12.6 Å². The van der Waals surface area contributed by atoms with Crippen LogP contribution in [0.5, 0.6) is 0 Å². The Morgan fingerprint density at radius 2 is 1.81 bits per heavy atom. The van der Waals surface area contributed by atoms with Crippen molar-refractivity contribution < 1.29 is 19.2 Å². The molecule has 1 rings (SSSR count). The monoisotopic (exact) mass is 218 g/mol. The normalized spacial score (nSPS) is 9.50. The number of Topliss-reactive ketones (excluding diaryl/α,β-unsaturated/α-hetero) is 2. The van der Waals surface area contributed by atoms with Crippen LogP contribution < -0.4 is 0 Å². The lowest BCUT2D eigenvalue weighted by atomic mass is 10.00. The molecule has 4 heteroatoms. The zero-order valence-corrected chi connectivity index (χ0v) is 8.51. The Balaban J connectivity index is 2.91. The Morgan fingerprint density at radius 1 is 1.12 bits per heavy atom. The molecule has 0 amide bonds. The minimum absolute atomic E-state index is 0.0217. The molecule has 0 atom stereocenters. The molecule has 4 nitrogen and oxygen atoms in total. The van der Waals surface area contributed by atoms with Crippen molar-refractivity contribution in [3.63, 3.8) is 0 Å². The molecule has 0 aliphatic carbocycles. The summed E-state index contributed by atoms with van der Waals surface area (Å²) >= 11 is 0. The van der Waals surface area contributed by atoms with E-state index in [2.05, 4.69) is 0 Å². The van der Waals surface area contributed by atoms with Crippen LogP contribution in [0.1, 0.15) is 33.6 Å². The zero-order valence-electron chi connectivity index (χ0n) is 8.51. The Bertz CT molecular complexity index is 434. The maximum Gasteiger partial charge on any atom is 0.229 e. The van der Waals surface area contributed by atoms with Crippen LogP contribution in [0.25, 0.3) is 0 Å². The number of hydrogen-bond donors (Lipinski definition) is 0. The molecule has 0 saturated heterocycles. The molecular weight excluding hydrogens is 208 g/mol. The number of aldehydes is 2. The van der Waals surface area contributed by atoms with Gasteiger partial charge in [0.25, 0.3) is 0 Å². The maximum absolute atomic E-state index is 11.6. The van der Waals surface area contributed by atoms with E-state index < -0.39 is 11.6 Å². The summed E-state index contributed by atoms with van der Waals surface area (Å²) in [5, 5.41) is 0. The molecule has 82 valence electrons. The number of hydrogen-bond acceptors (Lipinski definition) is 4. The largest absolute Gasteiger partial charge is 0.303 e. The third-order valence-electron chi connectivity index (χ3n) is 2.07. The highest BCUT2D eigenvalue weighted by Gasteiger charge is 2.18. The fraction of sp³-hybridized carbons (Fsp3) is 0.167. The van der Waals surface area contributed by atoms with Gasteiger partial charge in [0.2, 0.25) is 11.6 Å². The molecule has 0 aromatic heterocycles. The van der Waals surface area contributed by atoms with E-state index in [9.17, 15) is 19.2 Å². The van der Waals surface area contributed by atoms with E-state index in [1.54, 1.807) is 12.1 Å². The molecule has 0 spiro atoms. The molecule has 0 N–H and O–H groups in total. The van der Waals surface area contributed by atoms with Crippen molar-refractivity contribution >= 4 is 24.1 Å². The summed E-state index contributed by atoms with van der Waals surface area (Å²) in [6.07, 6.45) is 1.01. The first-order chi connectivity index (χ1) is 7.70. The van der Waals surface area contributed by atoms with Gasteiger partial charge < -0.3 is 4.79 Å². The van der Waals surface area contributed by atoms with E-state index in [4.69, 9.17) is 0 Å². The van der Waals surface area contributed by atoms with E-state index >= 15 is 0 Å². The van der Waals surface area contributed by atoms with Crippen molar-refractivity contribution in [2.75, 3.05) is 0 Å². The fourth-order valence-corrected chi connectivity index (χ4v) is 1.26. The summed E-state index contributed by atoms with van der Waals surface area (Å²) in [5.41, 5.74) is 0.278. The lowest BCUT2D eigenvalue weighted by Gasteiger charge is -2.01. The first-order valence-electron chi connectivity index (χ1n) is 4.76. The fourth-order valence-electron chi connectivity index (χ4n) is 1.26. The molecule has 0 fully saturated rings. The highest BCUT2D eigenvalue weighted by molar-refractivity contribution is 6.44. The molecule has 0 bridgehead atoms. The number of rotatable bonds is 6. The van der Waals surface area contributed by atoms with Crippen LogP contribution in [0.4, 0.5) is 0 Å². The second-order valence-electron chi connectivity index (χ2n) is 3.16. The van der Waals surface area contributed by atoms with Crippen LogP contribution in [-0.2, 0) is 9.59 Å². The van der Waals surface area contributed by atoms with Crippen LogP contribution >= 0.6 is 0 Å². The Morgan fingerprint density at radius 3 is 2.44 bits per heavy atom. The molecule has 0 heterocycles. The average Bonchev–Trinajstić information content (AvgIpc) is 2.34. The third kappa shape index (κ3) is 2.70. The van der Waals surface area contributed by atoms with Gasteiger partial charge in [-0.15, -0.1) is 0 Å². The molecule has 0 aliphatic rings. The number of benzene rings is 1. The summed E-state index contributed by atoms with van der Waals surface area (Å²) in [4.78, 5) is 43.7. The summed E-state index contributed by atoms with van der Waals surface area (Å²) in [6, 6.07) is 6.07. The summed E-state index contributed by atoms with van der Waals surface area (Å²) in [6.45, 7) is 0. The highest BCUT2D eigenvalue weighted by Crippen LogP contribution is 2.09. The smallest absolute Gasteiger partial charge is 0.229 e. The first kappa shape index (κ1) is 12.0. The van der Waals surface area contributed by atoms with Gasteiger partial charge in [-0.05, 0) is 0 Å². The van der Waals surface area contributed by atoms with Crippen molar-refractivity contribution in [2.24, 2.45) is 0 Å². The number of carbonyl (C=O) groups is 4. The molecule has 1 aromatic carbocycles. The predicted molar refractivity (Wildman–Crippen MR) is 56.5 cm³/mol. The molecule has 0 saturated carbocycles. The standard InChI is InChI=1S/C12H10O4/c13-7-3-6-11(15)12(16)10-5-2-1-4-9(10)8-14/h1-2,4-5,7-8H,3,6H2. The molecule has 0 aliphatic heterocycles. The van der Waals surface area contributed by atoms with Crippen molar-refractivity contribution in [1.29, 1.82) is 0 Å². The maximum atomic E-state index is 11.6. The van der Waals surface area contributed by atoms with Gasteiger partial charge in [-0.2, -0.15) is 0 Å². The molecule has 16 heavy (non-hydrogen) atoms. The van der Waals surface area contributed by atoms with Gasteiger partial charge in [0.15, 0.2) is 6.29 Å². The van der Waals surface area contributed by atoms with Gasteiger partial charge in [0.1, 0.15) is 6.29 Å². The van der Waals surface area contributed by atoms with Crippen LogP contribution in [0.2, 0.25) is 0 Å². The number of ketones is 2. The summed E-state index contributed by atoms with van der Waals surface area (Å²) in [5.74, 6) is -1.37. The van der Waals surface area contributed by atoms with E-state index in [1.165, 1.54) is 12.1 Å². The minimum Gasteiger partial charge on any atom is -0.303 e. The molecular formula is C12H10O4. The SMILES string of the molecule is O=CCCC(=O)C(=O)c1ccccc1C=O. The third-order valence-corrected chi connectivity index (χ3v) is 2.07. The Kier molecular flexibility index (Phi) is 4.27. The summed E-state index contributed by atoms with van der Waals surface area (Å²) < 4.78 is 0. The van der Waals surface area contributed by atoms with Gasteiger partial charge in [-0.1, -0.05) is 24.3 Å². The van der Waals surface area contributed by atoms with Crippen LogP contribution in [-0.4, -0.2) is 24.1 Å². The van der Waals surface area contributed by atoms with Gasteiger partial charge in [-0.3, -0.25) is 14.4 Å². The number of carbonyl (C=O) groups excluding carboxylic acids is 4. The Labute approximate surface area is 92.3 Å². The van der Waals surface area contributed by atoms with Crippen molar-refractivity contribution in [2.45, 2.75) is 12.8 Å². The zero-order chi connectivity index (χ0) is 12.0. The molecule has 0 unspecified atom stereocenters. The van der Waals surface area contributed by atoms with Crippen molar-refractivity contribution in [1.82, 2.24) is 0 Å². The van der Waals surface area contributed by atoms with E-state index in [1.807, 2.05) is 0 Å². The van der Waals surface area contributed by atoms with Crippen molar-refractivity contribution in [3.05, 3.63) is 35.4 Å². The quantitative estimate of drug-likeness (QED) is 0.409. The molecule has 0 radical (unpaired) electrons.